The smallest absolute Gasteiger partial charge is 0.319 e. The first-order valence-electron chi connectivity index (χ1n) is 15.2. The van der Waals surface area contributed by atoms with Crippen LogP contribution in [0.4, 0.5) is 14.6 Å². The molecule has 0 saturated carbocycles. The third-order valence-electron chi connectivity index (χ3n) is 9.60. The average molecular weight is 608 g/mol. The first-order chi connectivity index (χ1) is 21.7. The van der Waals surface area contributed by atoms with Crippen molar-refractivity contribution in [2.75, 3.05) is 37.7 Å². The molecule has 0 aliphatic carbocycles. The van der Waals surface area contributed by atoms with Gasteiger partial charge < -0.3 is 19.5 Å². The van der Waals surface area contributed by atoms with Crippen LogP contribution >= 0.6 is 0 Å². The molecular weight excluding hydrogens is 576 g/mol. The highest BCUT2D eigenvalue weighted by atomic mass is 19.1. The molecule has 1 atom stereocenters. The second kappa shape index (κ2) is 10.1. The number of hydrogen-bond acceptors (Lipinski definition) is 8. The SMILES string of the molecule is C#Cc1c(F)ccc2cc(O)cc(-c3nc4c5c(nc(OCC67CC(=C)CN6CC(=C)C7)nc5c3F)N3CCCC[C@H]3CO4)c12. The monoisotopic (exact) mass is 607 g/mol. The molecule has 3 saturated heterocycles. The molecule has 0 spiro atoms. The summed E-state index contributed by atoms with van der Waals surface area (Å²) in [4.78, 5) is 18.6. The lowest BCUT2D eigenvalue weighted by molar-refractivity contribution is 0.108. The van der Waals surface area contributed by atoms with E-state index in [1.54, 1.807) is 0 Å². The second-order valence-corrected chi connectivity index (χ2v) is 12.7. The molecule has 0 bridgehead atoms. The van der Waals surface area contributed by atoms with Gasteiger partial charge in [-0.1, -0.05) is 36.3 Å². The summed E-state index contributed by atoms with van der Waals surface area (Å²) in [5, 5.41) is 11.7. The lowest BCUT2D eigenvalue weighted by Crippen LogP contribution is -2.44. The molecule has 4 aliphatic rings. The van der Waals surface area contributed by atoms with Crippen LogP contribution in [-0.2, 0) is 0 Å². The van der Waals surface area contributed by atoms with E-state index in [0.717, 1.165) is 62.9 Å². The van der Waals surface area contributed by atoms with Gasteiger partial charge in [-0.05, 0) is 55.7 Å². The van der Waals surface area contributed by atoms with Crippen molar-refractivity contribution in [3.05, 3.63) is 65.8 Å². The van der Waals surface area contributed by atoms with Crippen LogP contribution in [0, 0.1) is 24.0 Å². The molecule has 4 aliphatic heterocycles. The summed E-state index contributed by atoms with van der Waals surface area (Å²) in [7, 11) is 0. The van der Waals surface area contributed by atoms with Crippen molar-refractivity contribution in [2.24, 2.45) is 0 Å². The Morgan fingerprint density at radius 1 is 1.09 bits per heavy atom. The van der Waals surface area contributed by atoms with Crippen LogP contribution in [0.2, 0.25) is 0 Å². The molecule has 10 heteroatoms. The Hall–Kier alpha value is -4.75. The van der Waals surface area contributed by atoms with Crippen LogP contribution < -0.4 is 14.4 Å². The fraction of sp³-hybridized carbons (Fsp3) is 0.343. The summed E-state index contributed by atoms with van der Waals surface area (Å²) in [5.41, 5.74) is 1.86. The van der Waals surface area contributed by atoms with E-state index in [4.69, 9.17) is 20.9 Å². The zero-order chi connectivity index (χ0) is 31.0. The van der Waals surface area contributed by atoms with Gasteiger partial charge in [0.1, 0.15) is 47.2 Å². The standard InChI is InChI=1S/C35H31F2N5O3/c1-4-24-26(36)9-8-21-11-23(43)12-25(27(21)24)30-29(37)31-28-32(42-10-6-5-7-22(42)17-44-33(28)38-30)40-34(39-31)45-18-35-13-19(2)15-41(35)16-20(3)14-35/h1,8-9,11-12,22,43H,2-3,5-7,10,13-18H2/t22-/m0/s1. The van der Waals surface area contributed by atoms with E-state index in [2.05, 4.69) is 38.8 Å². The molecule has 45 heavy (non-hydrogen) atoms. The fourth-order valence-corrected chi connectivity index (χ4v) is 7.69. The first kappa shape index (κ1) is 27.8. The van der Waals surface area contributed by atoms with Crippen molar-refractivity contribution in [1.29, 1.82) is 0 Å². The molecule has 1 N–H and O–H groups in total. The number of anilines is 1. The van der Waals surface area contributed by atoms with Gasteiger partial charge in [-0.25, -0.2) is 13.8 Å². The number of pyridine rings is 1. The van der Waals surface area contributed by atoms with Crippen molar-refractivity contribution < 1.29 is 23.4 Å². The van der Waals surface area contributed by atoms with E-state index >= 15 is 4.39 Å². The van der Waals surface area contributed by atoms with Gasteiger partial charge in [-0.3, -0.25) is 4.90 Å². The van der Waals surface area contributed by atoms with Gasteiger partial charge in [-0.15, -0.1) is 6.42 Å². The molecule has 0 radical (unpaired) electrons. The van der Waals surface area contributed by atoms with Crippen LogP contribution in [0.3, 0.4) is 0 Å². The van der Waals surface area contributed by atoms with Gasteiger partial charge in [0.05, 0.1) is 17.1 Å². The number of terminal acetylenes is 1. The van der Waals surface area contributed by atoms with Crippen LogP contribution in [0.1, 0.15) is 37.7 Å². The summed E-state index contributed by atoms with van der Waals surface area (Å²) in [5.74, 6) is 1.51. The zero-order valence-corrected chi connectivity index (χ0v) is 24.7. The van der Waals surface area contributed by atoms with Crippen LogP contribution in [0.25, 0.3) is 32.9 Å². The van der Waals surface area contributed by atoms with Crippen molar-refractivity contribution in [2.45, 2.75) is 43.7 Å². The first-order valence-corrected chi connectivity index (χ1v) is 15.2. The number of phenols is 1. The largest absolute Gasteiger partial charge is 0.508 e. The lowest BCUT2D eigenvalue weighted by atomic mass is 9.92. The highest BCUT2D eigenvalue weighted by molar-refractivity contribution is 6.04. The quantitative estimate of drug-likeness (QED) is 0.227. The van der Waals surface area contributed by atoms with Crippen LogP contribution in [0.15, 0.2) is 48.6 Å². The number of hydrogen-bond donors (Lipinski definition) is 1. The number of nitrogens with zero attached hydrogens (tertiary/aromatic N) is 5. The number of rotatable bonds is 4. The average Bonchev–Trinajstić information content (AvgIpc) is 3.42. The summed E-state index contributed by atoms with van der Waals surface area (Å²) in [6, 6.07) is 5.56. The second-order valence-electron chi connectivity index (χ2n) is 12.7. The number of phenolic OH excluding ortho intramolecular Hbond substituents is 1. The Morgan fingerprint density at radius 3 is 2.67 bits per heavy atom. The molecule has 6 heterocycles. The predicted octanol–water partition coefficient (Wildman–Crippen LogP) is 5.90. The van der Waals surface area contributed by atoms with Gasteiger partial charge >= 0.3 is 6.01 Å². The molecule has 3 fully saturated rings. The number of fused-ring (bicyclic) bond motifs is 4. The van der Waals surface area contributed by atoms with Crippen LogP contribution in [0.5, 0.6) is 17.6 Å². The molecule has 8 nitrogen and oxygen atoms in total. The van der Waals surface area contributed by atoms with Gasteiger partial charge in [0.2, 0.25) is 5.88 Å². The van der Waals surface area contributed by atoms with E-state index in [1.807, 2.05) is 0 Å². The highest BCUT2D eigenvalue weighted by Gasteiger charge is 2.48. The molecule has 0 unspecified atom stereocenters. The van der Waals surface area contributed by atoms with Gasteiger partial charge in [-0.2, -0.15) is 9.97 Å². The summed E-state index contributed by atoms with van der Waals surface area (Å²) in [6.45, 7) is 11.3. The molecule has 0 amide bonds. The number of aromatic hydroxyl groups is 1. The molecule has 2 aromatic heterocycles. The molecule has 2 aromatic carbocycles. The Kier molecular flexibility index (Phi) is 6.26. The van der Waals surface area contributed by atoms with Crippen molar-refractivity contribution in [3.8, 4) is 41.2 Å². The summed E-state index contributed by atoms with van der Waals surface area (Å²) in [6.07, 6.45) is 10.1. The Bertz CT molecular complexity index is 1980. The summed E-state index contributed by atoms with van der Waals surface area (Å²) < 4.78 is 44.4. The van der Waals surface area contributed by atoms with E-state index in [0.29, 0.717) is 29.8 Å². The van der Waals surface area contributed by atoms with E-state index in [-0.39, 0.29) is 56.9 Å². The van der Waals surface area contributed by atoms with Gasteiger partial charge in [0.25, 0.3) is 0 Å². The molecule has 4 aromatic rings. The van der Waals surface area contributed by atoms with Crippen molar-refractivity contribution in [3.63, 3.8) is 0 Å². The number of aromatic nitrogens is 3. The third kappa shape index (κ3) is 4.32. The topological polar surface area (TPSA) is 83.8 Å². The molecule has 228 valence electrons. The molecule has 8 rings (SSSR count). The maximum Gasteiger partial charge on any atom is 0.319 e. The normalized spacial score (nSPS) is 20.6. The predicted molar refractivity (Wildman–Crippen MR) is 168 cm³/mol. The highest BCUT2D eigenvalue weighted by Crippen LogP contribution is 2.45. The zero-order valence-electron chi connectivity index (χ0n) is 24.7. The van der Waals surface area contributed by atoms with E-state index in [9.17, 15) is 9.50 Å². The number of ether oxygens (including phenoxy) is 2. The fourth-order valence-electron chi connectivity index (χ4n) is 7.69. The Morgan fingerprint density at radius 2 is 1.89 bits per heavy atom. The third-order valence-corrected chi connectivity index (χ3v) is 9.60. The van der Waals surface area contributed by atoms with Crippen LogP contribution in [-0.4, -0.2) is 69.4 Å². The summed E-state index contributed by atoms with van der Waals surface area (Å²) >= 11 is 0. The molecular formula is C35H31F2N5O3. The Labute approximate surface area is 259 Å². The number of benzene rings is 2. The van der Waals surface area contributed by atoms with E-state index < -0.39 is 11.6 Å². The minimum absolute atomic E-state index is 0.0135. The minimum atomic E-state index is -0.774. The Balaban J connectivity index is 1.33. The maximum atomic E-state index is 16.9. The van der Waals surface area contributed by atoms with Crippen molar-refractivity contribution >= 4 is 27.5 Å². The van der Waals surface area contributed by atoms with E-state index in [1.165, 1.54) is 24.3 Å². The minimum Gasteiger partial charge on any atom is -0.508 e. The lowest BCUT2D eigenvalue weighted by Gasteiger charge is -2.35. The van der Waals surface area contributed by atoms with Gasteiger partial charge in [0.15, 0.2) is 5.82 Å². The maximum absolute atomic E-state index is 16.9. The number of halogens is 2. The van der Waals surface area contributed by atoms with Crippen molar-refractivity contribution in [1.82, 2.24) is 19.9 Å². The van der Waals surface area contributed by atoms with Gasteiger partial charge in [0, 0.05) is 30.6 Å². The number of piperidine rings is 1.